The van der Waals surface area contributed by atoms with Crippen molar-refractivity contribution in [2.24, 2.45) is 0 Å². The third kappa shape index (κ3) is 2.06. The molecule has 0 fully saturated rings. The molecule has 0 unspecified atom stereocenters. The molecule has 2 aliphatic rings. The molecule has 0 bridgehead atoms. The maximum atomic E-state index is 3.46. The summed E-state index contributed by atoms with van der Waals surface area (Å²) < 4.78 is 4.03. The van der Waals surface area contributed by atoms with E-state index < -0.39 is 0 Å². The fraction of sp³-hybridized carbons (Fsp3) is 0. The lowest BCUT2D eigenvalue weighted by atomic mass is 11.2. The minimum absolute atomic E-state index is 1.22. The molecule has 0 nitrogen and oxygen atoms in total. The summed E-state index contributed by atoms with van der Waals surface area (Å²) in [5, 5.41) is 6.38. The van der Waals surface area contributed by atoms with E-state index >= 15 is 0 Å². The fourth-order valence-electron chi connectivity index (χ4n) is 0.629. The summed E-state index contributed by atoms with van der Waals surface area (Å²) in [5.41, 5.74) is 0. The van der Waals surface area contributed by atoms with E-state index in [4.69, 9.17) is 0 Å². The molecule has 0 saturated heterocycles. The molecular formula is C6H3BrS4. The Bertz CT molecular complexity index is 256. The molecule has 0 radical (unpaired) electrons. The van der Waals surface area contributed by atoms with Crippen LogP contribution in [0.15, 0.2) is 28.5 Å². The normalized spacial score (nSPS) is 23.2. The van der Waals surface area contributed by atoms with Crippen molar-refractivity contribution in [3.05, 3.63) is 28.5 Å². The van der Waals surface area contributed by atoms with Crippen LogP contribution >= 0.6 is 63.0 Å². The average Bonchev–Trinajstić information content (AvgIpc) is 2.55. The predicted molar refractivity (Wildman–Crippen MR) is 63.5 cm³/mol. The average molecular weight is 283 g/mol. The predicted octanol–water partition coefficient (Wildman–Crippen LogP) is 4.74. The van der Waals surface area contributed by atoms with Crippen molar-refractivity contribution in [2.75, 3.05) is 0 Å². The van der Waals surface area contributed by atoms with E-state index in [0.717, 1.165) is 0 Å². The van der Waals surface area contributed by atoms with Crippen molar-refractivity contribution in [2.45, 2.75) is 0 Å². The van der Waals surface area contributed by atoms with Gasteiger partial charge in [-0.3, -0.25) is 0 Å². The number of thioether (sulfide) groups is 4. The van der Waals surface area contributed by atoms with Gasteiger partial charge in [0.15, 0.2) is 0 Å². The lowest BCUT2D eigenvalue weighted by Gasteiger charge is -1.98. The van der Waals surface area contributed by atoms with Gasteiger partial charge in [-0.05, 0) is 32.2 Å². The van der Waals surface area contributed by atoms with E-state index in [9.17, 15) is 0 Å². The van der Waals surface area contributed by atoms with Crippen molar-refractivity contribution < 1.29 is 0 Å². The van der Waals surface area contributed by atoms with Crippen LogP contribution in [0.5, 0.6) is 0 Å². The zero-order chi connectivity index (χ0) is 7.68. The van der Waals surface area contributed by atoms with Gasteiger partial charge in [0.2, 0.25) is 0 Å². The summed E-state index contributed by atoms with van der Waals surface area (Å²) in [4.78, 5) is 0. The lowest BCUT2D eigenvalue weighted by molar-refractivity contribution is 2.38. The smallest absolute Gasteiger partial charge is 0.0705 e. The van der Waals surface area contributed by atoms with Crippen LogP contribution in [0.4, 0.5) is 0 Å². The van der Waals surface area contributed by atoms with Gasteiger partial charge in [-0.25, -0.2) is 0 Å². The van der Waals surface area contributed by atoms with Gasteiger partial charge < -0.3 is 0 Å². The molecule has 2 rings (SSSR count). The SMILES string of the molecule is BrC1=CSC(=C2SC=CS2)S1. The van der Waals surface area contributed by atoms with Crippen LogP contribution in [0.25, 0.3) is 0 Å². The number of rotatable bonds is 0. The highest BCUT2D eigenvalue weighted by atomic mass is 79.9. The van der Waals surface area contributed by atoms with Gasteiger partial charge in [0.05, 0.1) is 12.3 Å². The minimum atomic E-state index is 1.22. The molecule has 58 valence electrons. The summed E-state index contributed by atoms with van der Waals surface area (Å²) in [6, 6.07) is 0. The molecule has 0 aromatic heterocycles. The Morgan fingerprint density at radius 1 is 1.00 bits per heavy atom. The van der Waals surface area contributed by atoms with Crippen molar-refractivity contribution in [3.8, 4) is 0 Å². The van der Waals surface area contributed by atoms with Crippen LogP contribution in [0, 0.1) is 0 Å². The summed E-state index contributed by atoms with van der Waals surface area (Å²) in [5.74, 6) is 0. The van der Waals surface area contributed by atoms with Gasteiger partial charge in [0, 0.05) is 0 Å². The fourth-order valence-corrected chi connectivity index (χ4v) is 5.77. The van der Waals surface area contributed by atoms with Crippen LogP contribution < -0.4 is 0 Å². The highest BCUT2D eigenvalue weighted by molar-refractivity contribution is 9.14. The van der Waals surface area contributed by atoms with Crippen LogP contribution in [-0.2, 0) is 0 Å². The Labute approximate surface area is 90.8 Å². The molecule has 0 aliphatic carbocycles. The van der Waals surface area contributed by atoms with Gasteiger partial charge in [-0.1, -0.05) is 47.0 Å². The number of hydrogen-bond donors (Lipinski definition) is 0. The van der Waals surface area contributed by atoms with Crippen molar-refractivity contribution in [3.63, 3.8) is 0 Å². The second-order valence-electron chi connectivity index (χ2n) is 1.72. The molecular weight excluding hydrogens is 280 g/mol. The Kier molecular flexibility index (Phi) is 3.06. The molecule has 11 heavy (non-hydrogen) atoms. The van der Waals surface area contributed by atoms with Gasteiger partial charge in [-0.15, -0.1) is 0 Å². The highest BCUT2D eigenvalue weighted by Crippen LogP contribution is 2.54. The summed E-state index contributed by atoms with van der Waals surface area (Å²) in [6.07, 6.45) is 0. The first-order chi connectivity index (χ1) is 5.36. The molecule has 0 amide bonds. The van der Waals surface area contributed by atoms with Crippen molar-refractivity contribution in [1.29, 1.82) is 0 Å². The Morgan fingerprint density at radius 2 is 1.73 bits per heavy atom. The zero-order valence-electron chi connectivity index (χ0n) is 5.24. The Balaban J connectivity index is 2.12. The second-order valence-corrected chi connectivity index (χ2v) is 7.38. The topological polar surface area (TPSA) is 0 Å². The van der Waals surface area contributed by atoms with E-state index in [1.807, 2.05) is 23.5 Å². The summed E-state index contributed by atoms with van der Waals surface area (Å²) >= 11 is 10.7. The molecule has 0 aromatic rings. The molecule has 0 saturated carbocycles. The Hall–Kier alpha value is 1.10. The third-order valence-corrected chi connectivity index (χ3v) is 6.85. The largest absolute Gasteiger partial charge is 0.0884 e. The van der Waals surface area contributed by atoms with Crippen molar-refractivity contribution >= 4 is 63.0 Å². The van der Waals surface area contributed by atoms with E-state index in [1.165, 1.54) is 12.3 Å². The molecule has 2 heterocycles. The molecule has 5 heteroatoms. The number of hydrogen-bond acceptors (Lipinski definition) is 4. The van der Waals surface area contributed by atoms with Crippen LogP contribution in [0.1, 0.15) is 0 Å². The van der Waals surface area contributed by atoms with Crippen molar-refractivity contribution in [1.82, 2.24) is 0 Å². The van der Waals surface area contributed by atoms with E-state index in [1.54, 1.807) is 23.5 Å². The second kappa shape index (κ2) is 3.87. The van der Waals surface area contributed by atoms with Crippen LogP contribution in [-0.4, -0.2) is 0 Å². The number of halogens is 1. The first kappa shape index (κ1) is 8.69. The van der Waals surface area contributed by atoms with E-state index in [0.29, 0.717) is 0 Å². The third-order valence-electron chi connectivity index (χ3n) is 1.02. The van der Waals surface area contributed by atoms with Crippen LogP contribution in [0.2, 0.25) is 0 Å². The minimum Gasteiger partial charge on any atom is -0.0884 e. The molecule has 0 aromatic carbocycles. The summed E-state index contributed by atoms with van der Waals surface area (Å²) in [7, 11) is 0. The first-order valence-corrected chi connectivity index (χ1v) is 7.04. The maximum Gasteiger partial charge on any atom is 0.0705 e. The van der Waals surface area contributed by atoms with Gasteiger partial charge >= 0.3 is 0 Å². The maximum absolute atomic E-state index is 3.46. The van der Waals surface area contributed by atoms with E-state index in [2.05, 4.69) is 32.2 Å². The monoisotopic (exact) mass is 282 g/mol. The van der Waals surface area contributed by atoms with Gasteiger partial charge in [0.1, 0.15) is 0 Å². The standard InChI is InChI=1S/C6H3BrS4/c7-4-3-10-6(11-4)5-8-1-2-9-5/h1-3H. The molecule has 0 atom stereocenters. The molecule has 0 N–H and O–H groups in total. The highest BCUT2D eigenvalue weighted by Gasteiger charge is 2.16. The van der Waals surface area contributed by atoms with Gasteiger partial charge in [0.25, 0.3) is 0 Å². The van der Waals surface area contributed by atoms with E-state index in [-0.39, 0.29) is 0 Å². The van der Waals surface area contributed by atoms with Crippen LogP contribution in [0.3, 0.4) is 0 Å². The quantitative estimate of drug-likeness (QED) is 0.629. The Morgan fingerprint density at radius 3 is 2.27 bits per heavy atom. The zero-order valence-corrected chi connectivity index (χ0v) is 10.1. The molecule has 0 spiro atoms. The molecule has 2 aliphatic heterocycles. The first-order valence-electron chi connectivity index (χ1n) is 2.79. The summed E-state index contributed by atoms with van der Waals surface area (Å²) in [6.45, 7) is 0. The lowest BCUT2D eigenvalue weighted by Crippen LogP contribution is -1.63. The van der Waals surface area contributed by atoms with Gasteiger partial charge in [-0.2, -0.15) is 0 Å².